The monoisotopic (exact) mass is 159 g/mol. The van der Waals surface area contributed by atoms with Crippen LogP contribution in [-0.2, 0) is 4.84 Å². The van der Waals surface area contributed by atoms with E-state index in [1.165, 1.54) is 0 Å². The number of nitrogens with zero attached hydrogens (tertiary/aromatic N) is 1. The standard InChI is InChI=1S/C7H17N3O/c1-8-11-6-7-5-10(2)4-3-9-7/h7-9H,3-6H2,1-2H3/t7-/m0/s1. The van der Waals surface area contributed by atoms with Crippen molar-refractivity contribution in [3.8, 4) is 0 Å². The van der Waals surface area contributed by atoms with Gasteiger partial charge in [0.25, 0.3) is 0 Å². The number of rotatable bonds is 3. The Balaban J connectivity index is 2.12. The van der Waals surface area contributed by atoms with Crippen LogP contribution < -0.4 is 10.8 Å². The van der Waals surface area contributed by atoms with Crippen molar-refractivity contribution >= 4 is 0 Å². The van der Waals surface area contributed by atoms with Crippen LogP contribution in [0.3, 0.4) is 0 Å². The molecule has 0 bridgehead atoms. The van der Waals surface area contributed by atoms with Crippen molar-refractivity contribution in [2.24, 2.45) is 0 Å². The Morgan fingerprint density at radius 1 is 1.73 bits per heavy atom. The Bertz CT molecular complexity index is 110. The van der Waals surface area contributed by atoms with Crippen molar-refractivity contribution in [2.45, 2.75) is 6.04 Å². The lowest BCUT2D eigenvalue weighted by atomic mass is 10.2. The molecule has 1 fully saturated rings. The highest BCUT2D eigenvalue weighted by Gasteiger charge is 2.15. The third-order valence-corrected chi connectivity index (χ3v) is 1.89. The Morgan fingerprint density at radius 2 is 2.55 bits per heavy atom. The highest BCUT2D eigenvalue weighted by Crippen LogP contribution is 1.95. The van der Waals surface area contributed by atoms with Crippen molar-refractivity contribution in [3.63, 3.8) is 0 Å². The number of hydrogen-bond acceptors (Lipinski definition) is 4. The number of nitrogens with one attached hydrogen (secondary N) is 2. The van der Waals surface area contributed by atoms with Gasteiger partial charge in [0.05, 0.1) is 6.61 Å². The molecule has 0 aromatic carbocycles. The SMILES string of the molecule is CNOC[C@@H]1CN(C)CCN1. The summed E-state index contributed by atoms with van der Waals surface area (Å²) in [4.78, 5) is 7.39. The van der Waals surface area contributed by atoms with Crippen molar-refractivity contribution in [3.05, 3.63) is 0 Å². The molecule has 0 aromatic heterocycles. The van der Waals surface area contributed by atoms with E-state index in [2.05, 4.69) is 22.7 Å². The molecule has 0 saturated carbocycles. The smallest absolute Gasteiger partial charge is 0.0847 e. The largest absolute Gasteiger partial charge is 0.309 e. The van der Waals surface area contributed by atoms with Crippen LogP contribution in [0.5, 0.6) is 0 Å². The van der Waals surface area contributed by atoms with Crippen LogP contribution in [0.25, 0.3) is 0 Å². The van der Waals surface area contributed by atoms with E-state index in [-0.39, 0.29) is 0 Å². The van der Waals surface area contributed by atoms with E-state index in [9.17, 15) is 0 Å². The fourth-order valence-corrected chi connectivity index (χ4v) is 1.29. The molecule has 1 saturated heterocycles. The van der Waals surface area contributed by atoms with E-state index in [0.717, 1.165) is 26.2 Å². The van der Waals surface area contributed by atoms with Crippen molar-refractivity contribution in [1.29, 1.82) is 0 Å². The molecule has 0 aliphatic carbocycles. The molecular formula is C7H17N3O. The number of likely N-dealkylation sites (N-methyl/N-ethyl adjacent to an activating group) is 1. The lowest BCUT2D eigenvalue weighted by molar-refractivity contribution is 0.0291. The van der Waals surface area contributed by atoms with Gasteiger partial charge in [0.15, 0.2) is 0 Å². The normalized spacial score (nSPS) is 27.3. The second-order valence-electron chi connectivity index (χ2n) is 2.93. The molecule has 0 spiro atoms. The van der Waals surface area contributed by atoms with Crippen LogP contribution in [0, 0.1) is 0 Å². The zero-order chi connectivity index (χ0) is 8.10. The molecule has 2 N–H and O–H groups in total. The molecule has 1 rings (SSSR count). The van der Waals surface area contributed by atoms with Gasteiger partial charge in [0, 0.05) is 32.7 Å². The van der Waals surface area contributed by atoms with E-state index >= 15 is 0 Å². The van der Waals surface area contributed by atoms with Gasteiger partial charge in [-0.05, 0) is 7.05 Å². The Labute approximate surface area is 67.9 Å². The molecule has 0 unspecified atom stereocenters. The minimum Gasteiger partial charge on any atom is -0.309 e. The van der Waals surface area contributed by atoms with Crippen molar-refractivity contribution < 1.29 is 4.84 Å². The third kappa shape index (κ3) is 3.16. The molecule has 1 aliphatic rings. The van der Waals surface area contributed by atoms with E-state index in [0.29, 0.717) is 6.04 Å². The number of hydrogen-bond donors (Lipinski definition) is 2. The van der Waals surface area contributed by atoms with Crippen LogP contribution in [-0.4, -0.2) is 51.3 Å². The van der Waals surface area contributed by atoms with Crippen LogP contribution >= 0.6 is 0 Å². The molecule has 1 aliphatic heterocycles. The Hall–Kier alpha value is -0.160. The van der Waals surface area contributed by atoms with Gasteiger partial charge >= 0.3 is 0 Å². The summed E-state index contributed by atoms with van der Waals surface area (Å²) < 4.78 is 0. The number of hydroxylamine groups is 1. The summed E-state index contributed by atoms with van der Waals surface area (Å²) in [6.07, 6.45) is 0. The molecule has 1 heterocycles. The van der Waals surface area contributed by atoms with Crippen LogP contribution in [0.4, 0.5) is 0 Å². The van der Waals surface area contributed by atoms with Crippen LogP contribution in [0.15, 0.2) is 0 Å². The molecule has 11 heavy (non-hydrogen) atoms. The summed E-state index contributed by atoms with van der Waals surface area (Å²) in [7, 11) is 3.92. The average molecular weight is 159 g/mol. The maximum atomic E-state index is 5.08. The minimum absolute atomic E-state index is 0.473. The van der Waals surface area contributed by atoms with Crippen LogP contribution in [0.1, 0.15) is 0 Å². The highest BCUT2D eigenvalue weighted by atomic mass is 16.6. The quantitative estimate of drug-likeness (QED) is 0.520. The molecule has 66 valence electrons. The molecule has 1 atom stereocenters. The average Bonchev–Trinajstić information content (AvgIpc) is 2.01. The summed E-state index contributed by atoms with van der Waals surface area (Å²) in [5.41, 5.74) is 2.67. The van der Waals surface area contributed by atoms with Gasteiger partial charge in [-0.3, -0.25) is 0 Å². The molecule has 4 heteroatoms. The Kier molecular flexibility index (Phi) is 3.79. The fourth-order valence-electron chi connectivity index (χ4n) is 1.29. The molecule has 0 radical (unpaired) electrons. The predicted octanol–water partition coefficient (Wildman–Crippen LogP) is -0.959. The topological polar surface area (TPSA) is 36.5 Å². The van der Waals surface area contributed by atoms with Gasteiger partial charge < -0.3 is 15.1 Å². The van der Waals surface area contributed by atoms with Gasteiger partial charge in [-0.2, -0.15) is 0 Å². The summed E-state index contributed by atoms with van der Waals surface area (Å²) in [6, 6.07) is 0.473. The number of piperazine rings is 1. The highest BCUT2D eigenvalue weighted by molar-refractivity contribution is 4.75. The lowest BCUT2D eigenvalue weighted by Gasteiger charge is -2.30. The fraction of sp³-hybridized carbons (Fsp3) is 1.00. The zero-order valence-electron chi connectivity index (χ0n) is 7.26. The van der Waals surface area contributed by atoms with E-state index < -0.39 is 0 Å². The second kappa shape index (κ2) is 4.66. The first-order valence-electron chi connectivity index (χ1n) is 4.03. The van der Waals surface area contributed by atoms with E-state index in [1.54, 1.807) is 7.05 Å². The molecular weight excluding hydrogens is 142 g/mol. The summed E-state index contributed by atoms with van der Waals surface area (Å²) in [6.45, 7) is 4.01. The van der Waals surface area contributed by atoms with Gasteiger partial charge in [0.2, 0.25) is 0 Å². The van der Waals surface area contributed by atoms with Crippen molar-refractivity contribution in [1.82, 2.24) is 15.7 Å². The molecule has 4 nitrogen and oxygen atoms in total. The van der Waals surface area contributed by atoms with Gasteiger partial charge in [-0.15, -0.1) is 0 Å². The van der Waals surface area contributed by atoms with Gasteiger partial charge in [-0.1, -0.05) is 0 Å². The predicted molar refractivity (Wildman–Crippen MR) is 44.3 cm³/mol. The first-order chi connectivity index (χ1) is 5.33. The maximum absolute atomic E-state index is 5.08. The molecule has 0 aromatic rings. The van der Waals surface area contributed by atoms with E-state index in [4.69, 9.17) is 4.84 Å². The van der Waals surface area contributed by atoms with Gasteiger partial charge in [0.1, 0.15) is 0 Å². The lowest BCUT2D eigenvalue weighted by Crippen LogP contribution is -2.51. The summed E-state index contributed by atoms with van der Waals surface area (Å²) in [5, 5.41) is 3.38. The first-order valence-corrected chi connectivity index (χ1v) is 4.03. The summed E-state index contributed by atoms with van der Waals surface area (Å²) in [5.74, 6) is 0. The van der Waals surface area contributed by atoms with Crippen molar-refractivity contribution in [2.75, 3.05) is 40.3 Å². The second-order valence-corrected chi connectivity index (χ2v) is 2.93. The van der Waals surface area contributed by atoms with E-state index in [1.807, 2.05) is 0 Å². The minimum atomic E-state index is 0.473. The molecule has 0 amide bonds. The van der Waals surface area contributed by atoms with Gasteiger partial charge in [-0.25, -0.2) is 5.48 Å². The Morgan fingerprint density at radius 3 is 3.18 bits per heavy atom. The third-order valence-electron chi connectivity index (χ3n) is 1.89. The first kappa shape index (κ1) is 8.93. The van der Waals surface area contributed by atoms with Crippen LogP contribution in [0.2, 0.25) is 0 Å². The summed E-state index contributed by atoms with van der Waals surface area (Å²) >= 11 is 0. The maximum Gasteiger partial charge on any atom is 0.0847 e. The zero-order valence-corrected chi connectivity index (χ0v) is 7.26.